The summed E-state index contributed by atoms with van der Waals surface area (Å²) in [7, 11) is 4.05. The van der Waals surface area contributed by atoms with E-state index in [1.807, 2.05) is 27.1 Å². The van der Waals surface area contributed by atoms with Crippen LogP contribution in [-0.2, 0) is 17.6 Å². The highest BCUT2D eigenvalue weighted by atomic mass is 32.1. The number of hydrogen-bond donors (Lipinski definition) is 2. The van der Waals surface area contributed by atoms with E-state index in [2.05, 4.69) is 42.1 Å². The van der Waals surface area contributed by atoms with Crippen molar-refractivity contribution >= 4 is 28.8 Å². The van der Waals surface area contributed by atoms with E-state index in [4.69, 9.17) is 12.2 Å². The molecule has 12 heteroatoms. The number of thiocarbonyl (C=S) groups is 1. The second-order valence-electron chi connectivity index (χ2n) is 10.2. The van der Waals surface area contributed by atoms with E-state index in [1.54, 1.807) is 0 Å². The molecular weight excluding hydrogens is 529 g/mol. The molecule has 1 fully saturated rings. The molecule has 0 spiro atoms. The van der Waals surface area contributed by atoms with Crippen LogP contribution in [0.4, 0.5) is 19.0 Å². The van der Waals surface area contributed by atoms with E-state index in [0.29, 0.717) is 23.8 Å². The number of carbonyl (C=O) groups excluding carboxylic acids is 1. The number of anilines is 1. The van der Waals surface area contributed by atoms with Gasteiger partial charge in [-0.2, -0.15) is 0 Å². The zero-order chi connectivity index (χ0) is 28.6. The normalized spacial score (nSPS) is 17.8. The summed E-state index contributed by atoms with van der Waals surface area (Å²) in [5, 5.41) is 6.89. The number of aryl methyl sites for hydroxylation is 1. The SMILES string of the molecule is CCN1CCC(CNc2cc(C)nc(CC(=O)Cc3ccc(OC(F)(F)F)cc3)n2)(C(=S)NCCN(C)C)C1. The Morgan fingerprint density at radius 3 is 2.54 bits per heavy atom. The van der Waals surface area contributed by atoms with Crippen LogP contribution in [0, 0.1) is 12.3 Å². The summed E-state index contributed by atoms with van der Waals surface area (Å²) < 4.78 is 41.0. The minimum atomic E-state index is -4.76. The van der Waals surface area contributed by atoms with E-state index >= 15 is 0 Å². The first-order valence-corrected chi connectivity index (χ1v) is 13.4. The van der Waals surface area contributed by atoms with Crippen molar-refractivity contribution in [3.63, 3.8) is 0 Å². The maximum Gasteiger partial charge on any atom is 0.573 e. The van der Waals surface area contributed by atoms with Gasteiger partial charge in [0.2, 0.25) is 0 Å². The highest BCUT2D eigenvalue weighted by Crippen LogP contribution is 2.32. The number of hydrogen-bond acceptors (Lipinski definition) is 8. The fourth-order valence-electron chi connectivity index (χ4n) is 4.55. The number of likely N-dealkylation sites (tertiary alicyclic amines) is 1. The highest BCUT2D eigenvalue weighted by Gasteiger charge is 2.41. The molecule has 1 atom stereocenters. The lowest BCUT2D eigenvalue weighted by molar-refractivity contribution is -0.274. The number of nitrogens with zero attached hydrogens (tertiary/aromatic N) is 4. The van der Waals surface area contributed by atoms with Gasteiger partial charge in [0.15, 0.2) is 0 Å². The molecule has 214 valence electrons. The molecule has 0 saturated carbocycles. The second kappa shape index (κ2) is 13.5. The number of carbonyl (C=O) groups is 1. The number of likely N-dealkylation sites (N-methyl/N-ethyl adjacent to an activating group) is 1. The van der Waals surface area contributed by atoms with Gasteiger partial charge in [-0.3, -0.25) is 4.79 Å². The molecule has 1 aromatic heterocycles. The molecular formula is C27H37F3N6O2S. The molecule has 1 aliphatic rings. The van der Waals surface area contributed by atoms with Crippen molar-refractivity contribution in [1.29, 1.82) is 0 Å². The highest BCUT2D eigenvalue weighted by molar-refractivity contribution is 7.80. The molecule has 3 rings (SSSR count). The molecule has 0 bridgehead atoms. The van der Waals surface area contributed by atoms with Crippen molar-refractivity contribution in [2.75, 3.05) is 58.7 Å². The third-order valence-electron chi connectivity index (χ3n) is 6.63. The fourth-order valence-corrected chi connectivity index (χ4v) is 4.89. The molecule has 8 nitrogen and oxygen atoms in total. The van der Waals surface area contributed by atoms with Crippen molar-refractivity contribution in [1.82, 2.24) is 25.1 Å². The van der Waals surface area contributed by atoms with Gasteiger partial charge in [-0.25, -0.2) is 9.97 Å². The first-order chi connectivity index (χ1) is 18.4. The Kier molecular flexibility index (Phi) is 10.6. The molecule has 0 amide bonds. The Hall–Kier alpha value is -2.83. The molecule has 1 aromatic carbocycles. The molecule has 39 heavy (non-hydrogen) atoms. The average molecular weight is 567 g/mol. The van der Waals surface area contributed by atoms with Crippen LogP contribution in [0.15, 0.2) is 30.3 Å². The van der Waals surface area contributed by atoms with Crippen molar-refractivity contribution in [2.24, 2.45) is 5.41 Å². The largest absolute Gasteiger partial charge is 0.573 e. The molecule has 2 N–H and O–H groups in total. The Morgan fingerprint density at radius 1 is 1.21 bits per heavy atom. The van der Waals surface area contributed by atoms with Gasteiger partial charge in [0.25, 0.3) is 0 Å². The summed E-state index contributed by atoms with van der Waals surface area (Å²) in [5.41, 5.74) is 1.08. The van der Waals surface area contributed by atoms with Crippen molar-refractivity contribution in [3.05, 3.63) is 47.4 Å². The summed E-state index contributed by atoms with van der Waals surface area (Å²) >= 11 is 5.86. The Balaban J connectivity index is 1.63. The number of ether oxygens (including phenoxy) is 1. The monoisotopic (exact) mass is 566 g/mol. The lowest BCUT2D eigenvalue weighted by atomic mass is 9.86. The summed E-state index contributed by atoms with van der Waals surface area (Å²) in [6.07, 6.45) is -3.76. The number of nitrogens with one attached hydrogen (secondary N) is 2. The van der Waals surface area contributed by atoms with Crippen molar-refractivity contribution < 1.29 is 22.7 Å². The number of Topliss-reactive ketones (excluding diaryl/α,β-unsaturated/α-hetero) is 1. The molecule has 1 aliphatic heterocycles. The number of ketones is 1. The van der Waals surface area contributed by atoms with Crippen LogP contribution in [0.25, 0.3) is 0 Å². The zero-order valence-electron chi connectivity index (χ0n) is 22.9. The zero-order valence-corrected chi connectivity index (χ0v) is 23.7. The van der Waals surface area contributed by atoms with E-state index < -0.39 is 6.36 Å². The minimum absolute atomic E-state index is 0.0103. The van der Waals surface area contributed by atoms with E-state index in [0.717, 1.165) is 49.8 Å². The summed E-state index contributed by atoms with van der Waals surface area (Å²) in [5.74, 6) is 0.547. The number of alkyl halides is 3. The Morgan fingerprint density at radius 2 is 1.92 bits per heavy atom. The van der Waals surface area contributed by atoms with Crippen LogP contribution in [0.1, 0.15) is 30.4 Å². The molecule has 1 saturated heterocycles. The van der Waals surface area contributed by atoms with Crippen molar-refractivity contribution in [3.8, 4) is 5.75 Å². The van der Waals surface area contributed by atoms with Gasteiger partial charge in [-0.05, 0) is 58.2 Å². The van der Waals surface area contributed by atoms with Crippen molar-refractivity contribution in [2.45, 2.75) is 39.5 Å². The lowest BCUT2D eigenvalue weighted by Gasteiger charge is -2.31. The third kappa shape index (κ3) is 9.70. The van der Waals surface area contributed by atoms with Gasteiger partial charge in [0.05, 0.1) is 16.8 Å². The molecule has 0 aliphatic carbocycles. The number of halogens is 3. The third-order valence-corrected chi connectivity index (χ3v) is 7.21. The lowest BCUT2D eigenvalue weighted by Crippen LogP contribution is -2.47. The van der Waals surface area contributed by atoms with Gasteiger partial charge in [-0.1, -0.05) is 31.3 Å². The Labute approximate surface area is 233 Å². The van der Waals surface area contributed by atoms with Crippen LogP contribution in [0.3, 0.4) is 0 Å². The predicted octanol–water partition coefficient (Wildman–Crippen LogP) is 3.64. The van der Waals surface area contributed by atoms with Gasteiger partial charge in [-0.15, -0.1) is 13.2 Å². The van der Waals surface area contributed by atoms with Crippen LogP contribution < -0.4 is 15.4 Å². The van der Waals surface area contributed by atoms with Crippen LogP contribution in [-0.4, -0.2) is 90.3 Å². The van der Waals surface area contributed by atoms with E-state index in [9.17, 15) is 18.0 Å². The summed E-state index contributed by atoms with van der Waals surface area (Å²) in [4.78, 5) is 27.0. The van der Waals surface area contributed by atoms with Crippen LogP contribution >= 0.6 is 12.2 Å². The topological polar surface area (TPSA) is 82.6 Å². The van der Waals surface area contributed by atoms with Gasteiger partial charge >= 0.3 is 6.36 Å². The number of benzene rings is 1. The molecule has 2 aromatic rings. The quantitative estimate of drug-likeness (QED) is 0.353. The standard InChI is InChI=1S/C27H37F3N6O2S/c1-5-36-12-10-26(18-36,25(39)31-11-13-35(3)4)17-32-23-14-19(2)33-24(34-23)16-21(37)15-20-6-8-22(9-7-20)38-27(28,29)30/h6-9,14H,5,10-13,15-18H2,1-4H3,(H,31,39)(H,32,33,34). The fraction of sp³-hybridized carbons (Fsp3) is 0.556. The molecule has 2 heterocycles. The number of aromatic nitrogens is 2. The predicted molar refractivity (Wildman–Crippen MR) is 149 cm³/mol. The summed E-state index contributed by atoms with van der Waals surface area (Å²) in [6, 6.07) is 7.12. The average Bonchev–Trinajstić information content (AvgIpc) is 3.27. The summed E-state index contributed by atoms with van der Waals surface area (Å²) in [6.45, 7) is 9.04. The molecule has 0 radical (unpaired) electrons. The van der Waals surface area contributed by atoms with E-state index in [-0.39, 0.29) is 29.8 Å². The first kappa shape index (κ1) is 30.7. The first-order valence-electron chi connectivity index (χ1n) is 13.0. The van der Waals surface area contributed by atoms with Gasteiger partial charge in [0.1, 0.15) is 23.2 Å². The van der Waals surface area contributed by atoms with Crippen LogP contribution in [0.2, 0.25) is 0 Å². The Bertz CT molecular complexity index is 1130. The van der Waals surface area contributed by atoms with E-state index in [1.165, 1.54) is 24.3 Å². The molecule has 1 unspecified atom stereocenters. The smallest absolute Gasteiger partial charge is 0.406 e. The van der Waals surface area contributed by atoms with Gasteiger partial charge in [0, 0.05) is 44.4 Å². The minimum Gasteiger partial charge on any atom is -0.406 e. The maximum absolute atomic E-state index is 12.7. The maximum atomic E-state index is 12.7. The van der Waals surface area contributed by atoms with Crippen LogP contribution in [0.5, 0.6) is 5.75 Å². The second-order valence-corrected chi connectivity index (χ2v) is 10.6. The van der Waals surface area contributed by atoms with Gasteiger partial charge < -0.3 is 25.2 Å². The number of rotatable bonds is 13.